The van der Waals surface area contributed by atoms with Crippen molar-refractivity contribution < 1.29 is 0 Å². The highest BCUT2D eigenvalue weighted by Gasteiger charge is 2.24. The predicted octanol–water partition coefficient (Wildman–Crippen LogP) is 2.26. The highest BCUT2D eigenvalue weighted by molar-refractivity contribution is 9.09. The Morgan fingerprint density at radius 2 is 2.09 bits per heavy atom. The van der Waals surface area contributed by atoms with Gasteiger partial charge in [-0.15, -0.1) is 0 Å². The molecule has 0 aromatic carbocycles. The maximum absolute atomic E-state index is 3.66. The topological polar surface area (TPSA) is 3.24 Å². The number of nitrogens with zero attached hydrogens (tertiary/aromatic N) is 1. The van der Waals surface area contributed by atoms with Crippen LogP contribution in [0, 0.1) is 5.92 Å². The molecule has 1 unspecified atom stereocenters. The lowest BCUT2D eigenvalue weighted by Gasteiger charge is -2.13. The van der Waals surface area contributed by atoms with Crippen molar-refractivity contribution in [3.05, 3.63) is 0 Å². The molecule has 2 rings (SSSR count). The molecule has 0 aromatic rings. The fourth-order valence-electron chi connectivity index (χ4n) is 1.76. The van der Waals surface area contributed by atoms with E-state index in [-0.39, 0.29) is 0 Å². The Morgan fingerprint density at radius 3 is 2.64 bits per heavy atom. The zero-order valence-electron chi connectivity index (χ0n) is 6.93. The van der Waals surface area contributed by atoms with E-state index < -0.39 is 0 Å². The van der Waals surface area contributed by atoms with E-state index in [0.717, 1.165) is 10.7 Å². The average molecular weight is 218 g/mol. The summed E-state index contributed by atoms with van der Waals surface area (Å²) in [5.74, 6) is 1.10. The van der Waals surface area contributed by atoms with Gasteiger partial charge in [-0.2, -0.15) is 0 Å². The van der Waals surface area contributed by atoms with E-state index in [1.54, 1.807) is 0 Å². The van der Waals surface area contributed by atoms with Crippen LogP contribution in [0.15, 0.2) is 0 Å². The smallest absolute Gasteiger partial charge is 0.0285 e. The van der Waals surface area contributed by atoms with Crippen molar-refractivity contribution in [3.8, 4) is 0 Å². The van der Waals surface area contributed by atoms with Crippen molar-refractivity contribution in [1.29, 1.82) is 0 Å². The molecule has 2 fully saturated rings. The van der Waals surface area contributed by atoms with Gasteiger partial charge in [0.25, 0.3) is 0 Å². The van der Waals surface area contributed by atoms with Gasteiger partial charge in [0, 0.05) is 11.4 Å². The second kappa shape index (κ2) is 3.44. The predicted molar refractivity (Wildman–Crippen MR) is 51.1 cm³/mol. The van der Waals surface area contributed by atoms with Gasteiger partial charge < -0.3 is 4.90 Å². The molecule has 1 saturated carbocycles. The molecule has 11 heavy (non-hydrogen) atoms. The van der Waals surface area contributed by atoms with Crippen LogP contribution in [0.3, 0.4) is 0 Å². The zero-order chi connectivity index (χ0) is 7.68. The second-order valence-corrected chi connectivity index (χ2v) is 5.21. The number of halogens is 1. The molecule has 0 N–H and O–H groups in total. The van der Waals surface area contributed by atoms with Crippen molar-refractivity contribution >= 4 is 15.9 Å². The quantitative estimate of drug-likeness (QED) is 0.657. The van der Waals surface area contributed by atoms with Gasteiger partial charge in [0.1, 0.15) is 0 Å². The summed E-state index contributed by atoms with van der Waals surface area (Å²) in [6, 6.07) is 0. The lowest BCUT2D eigenvalue weighted by atomic mass is 10.3. The summed E-state index contributed by atoms with van der Waals surface area (Å²) in [5.41, 5.74) is 0. The molecule has 1 aliphatic heterocycles. The van der Waals surface area contributed by atoms with Gasteiger partial charge in [0.15, 0.2) is 0 Å². The molecule has 0 spiro atoms. The van der Waals surface area contributed by atoms with Crippen LogP contribution in [0.5, 0.6) is 0 Å². The van der Waals surface area contributed by atoms with Crippen LogP contribution >= 0.6 is 15.9 Å². The Morgan fingerprint density at radius 1 is 1.27 bits per heavy atom. The third kappa shape index (κ3) is 2.45. The molecule has 1 nitrogen and oxygen atoms in total. The molecule has 0 aromatic heterocycles. The summed E-state index contributed by atoms with van der Waals surface area (Å²) in [4.78, 5) is 3.37. The fourth-order valence-corrected chi connectivity index (χ4v) is 2.37. The summed E-state index contributed by atoms with van der Waals surface area (Å²) < 4.78 is 0. The molecule has 1 aliphatic carbocycles. The maximum Gasteiger partial charge on any atom is 0.0285 e. The first kappa shape index (κ1) is 8.06. The van der Waals surface area contributed by atoms with Crippen molar-refractivity contribution in [1.82, 2.24) is 4.90 Å². The van der Waals surface area contributed by atoms with E-state index in [2.05, 4.69) is 20.8 Å². The van der Waals surface area contributed by atoms with Crippen LogP contribution < -0.4 is 0 Å². The minimum Gasteiger partial charge on any atom is -0.302 e. The Kier molecular flexibility index (Phi) is 2.52. The van der Waals surface area contributed by atoms with Crippen LogP contribution in [0.25, 0.3) is 0 Å². The minimum atomic E-state index is 0.779. The Balaban J connectivity index is 1.62. The van der Waals surface area contributed by atoms with Gasteiger partial charge in [-0.1, -0.05) is 28.8 Å². The Labute approximate surface area is 77.3 Å². The van der Waals surface area contributed by atoms with Crippen molar-refractivity contribution in [2.24, 2.45) is 5.92 Å². The van der Waals surface area contributed by atoms with E-state index in [1.807, 2.05) is 0 Å². The molecule has 2 aliphatic rings. The number of hydrogen-bond acceptors (Lipinski definition) is 1. The van der Waals surface area contributed by atoms with E-state index >= 15 is 0 Å². The molecule has 0 radical (unpaired) electrons. The lowest BCUT2D eigenvalue weighted by Crippen LogP contribution is -2.22. The van der Waals surface area contributed by atoms with Gasteiger partial charge in [0.2, 0.25) is 0 Å². The maximum atomic E-state index is 3.66. The first-order valence-corrected chi connectivity index (χ1v) is 5.62. The first-order chi connectivity index (χ1) is 5.34. The second-order valence-electron chi connectivity index (χ2n) is 3.92. The largest absolute Gasteiger partial charge is 0.302 e. The third-order valence-corrected chi connectivity index (χ3v) is 3.51. The Hall–Kier alpha value is 0.440. The average Bonchev–Trinajstić information content (AvgIpc) is 2.72. The van der Waals surface area contributed by atoms with Gasteiger partial charge >= 0.3 is 0 Å². The Bertz CT molecular complexity index is 134. The monoisotopic (exact) mass is 217 g/mol. The van der Waals surface area contributed by atoms with Gasteiger partial charge in [-0.3, -0.25) is 0 Å². The number of likely N-dealkylation sites (tertiary alicyclic amines) is 1. The third-order valence-electron chi connectivity index (χ3n) is 2.77. The molecule has 1 heterocycles. The number of hydrogen-bond donors (Lipinski definition) is 0. The number of alkyl halides is 1. The van der Waals surface area contributed by atoms with Crippen LogP contribution in [0.4, 0.5) is 0 Å². The van der Waals surface area contributed by atoms with Gasteiger partial charge in [-0.25, -0.2) is 0 Å². The van der Waals surface area contributed by atoms with Crippen molar-refractivity contribution in [3.63, 3.8) is 0 Å². The molecule has 1 atom stereocenters. The summed E-state index contributed by atoms with van der Waals surface area (Å²) in [5, 5.41) is 0. The first-order valence-electron chi connectivity index (χ1n) is 4.71. The van der Waals surface area contributed by atoms with Crippen LogP contribution in [0.2, 0.25) is 0 Å². The molecule has 0 bridgehead atoms. The lowest BCUT2D eigenvalue weighted by molar-refractivity contribution is 0.327. The number of rotatable bonds is 3. The van der Waals surface area contributed by atoms with E-state index in [0.29, 0.717) is 0 Å². The molecule has 64 valence electrons. The van der Waals surface area contributed by atoms with E-state index in [4.69, 9.17) is 0 Å². The SMILES string of the molecule is BrC1CCN(CCC2CC2)C1. The summed E-state index contributed by atoms with van der Waals surface area (Å²) in [7, 11) is 0. The van der Waals surface area contributed by atoms with E-state index in [9.17, 15) is 0 Å². The zero-order valence-corrected chi connectivity index (χ0v) is 8.52. The summed E-state index contributed by atoms with van der Waals surface area (Å²) in [6.07, 6.45) is 5.82. The molecule has 1 saturated heterocycles. The molecule has 0 amide bonds. The van der Waals surface area contributed by atoms with Crippen LogP contribution in [-0.2, 0) is 0 Å². The standard InChI is InChI=1S/C9H16BrN/c10-9-4-6-11(7-9)5-3-8-1-2-8/h8-9H,1-7H2. The van der Waals surface area contributed by atoms with Crippen LogP contribution in [-0.4, -0.2) is 29.4 Å². The van der Waals surface area contributed by atoms with Crippen molar-refractivity contribution in [2.75, 3.05) is 19.6 Å². The van der Waals surface area contributed by atoms with E-state index in [1.165, 1.54) is 45.3 Å². The van der Waals surface area contributed by atoms with Crippen LogP contribution in [0.1, 0.15) is 25.7 Å². The van der Waals surface area contributed by atoms with Crippen molar-refractivity contribution in [2.45, 2.75) is 30.5 Å². The van der Waals surface area contributed by atoms with Gasteiger partial charge in [-0.05, 0) is 31.8 Å². The van der Waals surface area contributed by atoms with Gasteiger partial charge in [0.05, 0.1) is 0 Å². The highest BCUT2D eigenvalue weighted by Crippen LogP contribution is 2.32. The summed E-state index contributed by atoms with van der Waals surface area (Å²) >= 11 is 3.66. The molecular formula is C9H16BrN. The normalized spacial score (nSPS) is 33.0. The highest BCUT2D eigenvalue weighted by atomic mass is 79.9. The fraction of sp³-hybridized carbons (Fsp3) is 1.00. The molecule has 2 heteroatoms. The summed E-state index contributed by atoms with van der Waals surface area (Å²) in [6.45, 7) is 3.96. The molecular weight excluding hydrogens is 202 g/mol. The minimum absolute atomic E-state index is 0.779.